The zero-order valence-corrected chi connectivity index (χ0v) is 16.2. The van der Waals surface area contributed by atoms with Gasteiger partial charge in [0.15, 0.2) is 16.0 Å². The molecule has 0 amide bonds. The molecule has 0 radical (unpaired) electrons. The first kappa shape index (κ1) is 18.8. The van der Waals surface area contributed by atoms with E-state index in [-0.39, 0.29) is 5.57 Å². The first-order chi connectivity index (χ1) is 12.3. The van der Waals surface area contributed by atoms with Gasteiger partial charge in [0.2, 0.25) is 0 Å². The van der Waals surface area contributed by atoms with Crippen LogP contribution in [0.15, 0.2) is 40.7 Å². The molecule has 0 saturated carbocycles. The van der Waals surface area contributed by atoms with E-state index in [4.69, 9.17) is 23.2 Å². The number of carboxylic acids is 1. The lowest BCUT2D eigenvalue weighted by atomic mass is 9.93. The largest absolute Gasteiger partial charge is 0.478 e. The van der Waals surface area contributed by atoms with Gasteiger partial charge >= 0.3 is 5.97 Å². The fraction of sp³-hybridized carbons (Fsp3) is 0.235. The van der Waals surface area contributed by atoms with Crippen LogP contribution >= 0.6 is 34.5 Å². The summed E-state index contributed by atoms with van der Waals surface area (Å²) in [6.45, 7) is 3.89. The third-order valence-electron chi connectivity index (χ3n) is 4.02. The predicted molar refractivity (Wildman–Crippen MR) is 101 cm³/mol. The van der Waals surface area contributed by atoms with Gasteiger partial charge in [0.05, 0.1) is 23.5 Å². The van der Waals surface area contributed by atoms with Gasteiger partial charge < -0.3 is 10.0 Å². The van der Waals surface area contributed by atoms with Crippen molar-refractivity contribution in [2.24, 2.45) is 4.99 Å². The number of aliphatic carboxylic acids is 1. The highest BCUT2D eigenvalue weighted by Gasteiger charge is 2.37. The molecule has 2 aromatic rings. The predicted octanol–water partition coefficient (Wildman–Crippen LogP) is 4.77. The molecular formula is C17H14Cl2FN3O2S. The van der Waals surface area contributed by atoms with Crippen molar-refractivity contribution in [2.45, 2.75) is 19.9 Å². The zero-order valence-electron chi connectivity index (χ0n) is 13.8. The number of carboxylic acid groups (broad SMARTS) is 1. The highest BCUT2D eigenvalue weighted by Crippen LogP contribution is 2.40. The van der Waals surface area contributed by atoms with Crippen LogP contribution in [0, 0.1) is 5.13 Å². The van der Waals surface area contributed by atoms with Crippen LogP contribution in [0.4, 0.5) is 4.39 Å². The molecule has 1 unspecified atom stereocenters. The number of allylic oxidation sites excluding steroid dienone is 1. The minimum atomic E-state index is -1.09. The van der Waals surface area contributed by atoms with Gasteiger partial charge in [-0.3, -0.25) is 0 Å². The maximum absolute atomic E-state index is 13.5. The number of hydrogen-bond donors (Lipinski definition) is 1. The van der Waals surface area contributed by atoms with E-state index in [1.807, 2.05) is 6.92 Å². The highest BCUT2D eigenvalue weighted by atomic mass is 35.5. The number of rotatable bonds is 4. The SMILES string of the molecule is CCN1C(c2ncc(F)s2)=NC(C)=C(C(=O)O)C1c1ccc(Cl)cc1Cl. The van der Waals surface area contributed by atoms with Gasteiger partial charge in [-0.1, -0.05) is 40.6 Å². The van der Waals surface area contributed by atoms with Gasteiger partial charge in [-0.2, -0.15) is 4.39 Å². The molecular weight excluding hydrogens is 400 g/mol. The second-order valence-corrected chi connectivity index (χ2v) is 7.39. The Morgan fingerprint density at radius 1 is 1.42 bits per heavy atom. The topological polar surface area (TPSA) is 65.8 Å². The summed E-state index contributed by atoms with van der Waals surface area (Å²) in [7, 11) is 0. The molecule has 0 saturated heterocycles. The Balaban J connectivity index is 2.23. The fourth-order valence-electron chi connectivity index (χ4n) is 2.94. The van der Waals surface area contributed by atoms with Crippen LogP contribution in [0.1, 0.15) is 30.5 Å². The molecule has 0 spiro atoms. The number of thiazole rings is 1. The van der Waals surface area contributed by atoms with Crippen molar-refractivity contribution in [3.05, 3.63) is 61.4 Å². The van der Waals surface area contributed by atoms with Gasteiger partial charge in [0.25, 0.3) is 0 Å². The molecule has 0 fully saturated rings. The summed E-state index contributed by atoms with van der Waals surface area (Å²) in [4.78, 5) is 22.1. The van der Waals surface area contributed by atoms with Crippen LogP contribution in [-0.2, 0) is 4.79 Å². The maximum atomic E-state index is 13.5. The number of likely N-dealkylation sites (N-methyl/N-ethyl adjacent to an activating group) is 1. The molecule has 136 valence electrons. The van der Waals surface area contributed by atoms with Crippen LogP contribution in [0.2, 0.25) is 10.0 Å². The highest BCUT2D eigenvalue weighted by molar-refractivity contribution is 7.12. The average molecular weight is 414 g/mol. The molecule has 1 atom stereocenters. The minimum Gasteiger partial charge on any atom is -0.478 e. The Morgan fingerprint density at radius 2 is 2.15 bits per heavy atom. The molecule has 1 aliphatic rings. The molecule has 2 heterocycles. The fourth-order valence-corrected chi connectivity index (χ4v) is 4.10. The number of aliphatic imine (C=N–C) groups is 1. The molecule has 9 heteroatoms. The van der Waals surface area contributed by atoms with Crippen LogP contribution in [-0.4, -0.2) is 33.3 Å². The van der Waals surface area contributed by atoms with Crippen LogP contribution in [0.3, 0.4) is 0 Å². The minimum absolute atomic E-state index is 0.108. The Kier molecular flexibility index (Phi) is 5.32. The number of benzene rings is 1. The first-order valence-electron chi connectivity index (χ1n) is 7.69. The normalized spacial score (nSPS) is 17.5. The molecule has 1 aliphatic heterocycles. The van der Waals surface area contributed by atoms with Crippen molar-refractivity contribution >= 4 is 46.3 Å². The zero-order chi connectivity index (χ0) is 19.0. The monoisotopic (exact) mass is 413 g/mol. The van der Waals surface area contributed by atoms with E-state index in [0.717, 1.165) is 17.5 Å². The summed E-state index contributed by atoms with van der Waals surface area (Å²) in [6.07, 6.45) is 1.12. The summed E-state index contributed by atoms with van der Waals surface area (Å²) in [5, 5.41) is 10.5. The van der Waals surface area contributed by atoms with Gasteiger partial charge in [-0.25, -0.2) is 14.8 Å². The Bertz CT molecular complexity index is 942. The van der Waals surface area contributed by atoms with Crippen molar-refractivity contribution in [3.63, 3.8) is 0 Å². The average Bonchev–Trinajstić information content (AvgIpc) is 3.00. The summed E-state index contributed by atoms with van der Waals surface area (Å²) < 4.78 is 13.5. The van der Waals surface area contributed by atoms with E-state index in [2.05, 4.69) is 9.98 Å². The number of halogens is 3. The second-order valence-electron chi connectivity index (χ2n) is 5.56. The van der Waals surface area contributed by atoms with Crippen LogP contribution in [0.25, 0.3) is 0 Å². The Labute approximate surface area is 163 Å². The van der Waals surface area contributed by atoms with E-state index in [0.29, 0.717) is 38.7 Å². The number of amidine groups is 1. The molecule has 5 nitrogen and oxygen atoms in total. The van der Waals surface area contributed by atoms with E-state index < -0.39 is 17.1 Å². The third-order valence-corrected chi connectivity index (χ3v) is 5.36. The number of nitrogens with zero attached hydrogens (tertiary/aromatic N) is 3. The lowest BCUT2D eigenvalue weighted by Crippen LogP contribution is -2.40. The summed E-state index contributed by atoms with van der Waals surface area (Å²) in [5.74, 6) is -0.676. The number of hydrogen-bond acceptors (Lipinski definition) is 5. The quantitative estimate of drug-likeness (QED) is 0.783. The molecule has 1 aromatic heterocycles. The maximum Gasteiger partial charge on any atom is 0.335 e. The Morgan fingerprint density at radius 3 is 2.69 bits per heavy atom. The Hall–Kier alpha value is -1.96. The van der Waals surface area contributed by atoms with Crippen LogP contribution in [0.5, 0.6) is 0 Å². The molecule has 0 bridgehead atoms. The summed E-state index contributed by atoms with van der Waals surface area (Å²) >= 11 is 13.2. The van der Waals surface area contributed by atoms with Gasteiger partial charge in [-0.05, 0) is 31.5 Å². The molecule has 1 N–H and O–H groups in total. The van der Waals surface area contributed by atoms with Crippen molar-refractivity contribution in [2.75, 3.05) is 6.54 Å². The first-order valence-corrected chi connectivity index (χ1v) is 9.26. The van der Waals surface area contributed by atoms with Gasteiger partial charge in [-0.15, -0.1) is 0 Å². The van der Waals surface area contributed by atoms with E-state index >= 15 is 0 Å². The second kappa shape index (κ2) is 7.34. The molecule has 0 aliphatic carbocycles. The lowest BCUT2D eigenvalue weighted by molar-refractivity contribution is -0.133. The van der Waals surface area contributed by atoms with Crippen molar-refractivity contribution in [1.29, 1.82) is 0 Å². The summed E-state index contributed by atoms with van der Waals surface area (Å²) in [5.41, 5.74) is 1.01. The van der Waals surface area contributed by atoms with E-state index in [1.165, 1.54) is 0 Å². The molecule has 1 aromatic carbocycles. The lowest BCUT2D eigenvalue weighted by Gasteiger charge is -2.37. The number of aromatic nitrogens is 1. The molecule has 26 heavy (non-hydrogen) atoms. The van der Waals surface area contributed by atoms with E-state index in [1.54, 1.807) is 30.0 Å². The molecule has 3 rings (SSSR count). The van der Waals surface area contributed by atoms with Crippen LogP contribution < -0.4 is 0 Å². The van der Waals surface area contributed by atoms with Crippen molar-refractivity contribution in [3.8, 4) is 0 Å². The standard InChI is InChI=1S/C17H14Cl2FN3O2S/c1-3-23-14(10-5-4-9(18)6-11(10)19)13(17(24)25)8(2)22-15(23)16-21-7-12(20)26-16/h4-7,14H,3H2,1-2H3,(H,24,25). The van der Waals surface area contributed by atoms with Crippen molar-refractivity contribution < 1.29 is 14.3 Å². The summed E-state index contributed by atoms with van der Waals surface area (Å²) in [6, 6.07) is 4.22. The third kappa shape index (κ3) is 3.34. The van der Waals surface area contributed by atoms with Gasteiger partial charge in [0.1, 0.15) is 0 Å². The van der Waals surface area contributed by atoms with Crippen molar-refractivity contribution in [1.82, 2.24) is 9.88 Å². The van der Waals surface area contributed by atoms with E-state index in [9.17, 15) is 14.3 Å². The smallest absolute Gasteiger partial charge is 0.335 e. The number of carbonyl (C=O) groups is 1. The van der Waals surface area contributed by atoms with Gasteiger partial charge in [0, 0.05) is 16.6 Å².